The van der Waals surface area contributed by atoms with Gasteiger partial charge in [0.2, 0.25) is 15.9 Å². The summed E-state index contributed by atoms with van der Waals surface area (Å²) in [6, 6.07) is 8.24. The lowest BCUT2D eigenvalue weighted by molar-refractivity contribution is -0.137. The van der Waals surface area contributed by atoms with Gasteiger partial charge in [0, 0.05) is 5.69 Å². The van der Waals surface area contributed by atoms with E-state index in [0.29, 0.717) is 6.07 Å². The molecule has 0 heterocycles. The predicted octanol–water partition coefficient (Wildman–Crippen LogP) is 4.46. The summed E-state index contributed by atoms with van der Waals surface area (Å²) in [5.41, 5.74) is -0.187. The molecule has 0 aliphatic heterocycles. The summed E-state index contributed by atoms with van der Waals surface area (Å²) < 4.78 is 64.4. The van der Waals surface area contributed by atoms with E-state index in [2.05, 4.69) is 5.32 Å². The van der Waals surface area contributed by atoms with Gasteiger partial charge in [-0.25, -0.2) is 8.42 Å². The van der Waals surface area contributed by atoms with Crippen LogP contribution in [0, 0.1) is 6.92 Å². The van der Waals surface area contributed by atoms with Gasteiger partial charge in [0.25, 0.3) is 0 Å². The quantitative estimate of drug-likeness (QED) is 0.755. The number of anilines is 2. The molecule has 0 saturated carbocycles. The molecule has 2 aromatic rings. The number of alkyl halides is 3. The van der Waals surface area contributed by atoms with Crippen molar-refractivity contribution in [1.82, 2.24) is 0 Å². The van der Waals surface area contributed by atoms with Crippen molar-refractivity contribution in [2.75, 3.05) is 15.9 Å². The van der Waals surface area contributed by atoms with Crippen LogP contribution in [0.1, 0.15) is 18.1 Å². The molecular weight excluding hydrogens is 417 g/mol. The summed E-state index contributed by atoms with van der Waals surface area (Å²) in [5, 5.41) is 1.81. The largest absolute Gasteiger partial charge is 0.417 e. The van der Waals surface area contributed by atoms with E-state index in [1.165, 1.54) is 19.1 Å². The second-order valence-corrected chi connectivity index (χ2v) is 8.52. The van der Waals surface area contributed by atoms with E-state index < -0.39 is 38.7 Å². The molecule has 0 bridgehead atoms. The van der Waals surface area contributed by atoms with Crippen LogP contribution in [0.5, 0.6) is 0 Å². The Kier molecular flexibility index (Phi) is 6.30. The van der Waals surface area contributed by atoms with Crippen LogP contribution in [0.25, 0.3) is 0 Å². The molecule has 0 aliphatic carbocycles. The predicted molar refractivity (Wildman–Crippen MR) is 103 cm³/mol. The average Bonchev–Trinajstić information content (AvgIpc) is 2.54. The second-order valence-electron chi connectivity index (χ2n) is 6.26. The maximum atomic E-state index is 13.0. The van der Waals surface area contributed by atoms with E-state index in [1.807, 2.05) is 0 Å². The van der Waals surface area contributed by atoms with Crippen molar-refractivity contribution in [2.45, 2.75) is 26.1 Å². The first-order valence-electron chi connectivity index (χ1n) is 8.04. The Morgan fingerprint density at radius 3 is 2.36 bits per heavy atom. The Balaban J connectivity index is 2.34. The highest BCUT2D eigenvalue weighted by atomic mass is 35.5. The van der Waals surface area contributed by atoms with E-state index >= 15 is 0 Å². The fraction of sp³-hybridized carbons (Fsp3) is 0.278. The van der Waals surface area contributed by atoms with Crippen molar-refractivity contribution >= 4 is 38.9 Å². The molecule has 0 radical (unpaired) electrons. The summed E-state index contributed by atoms with van der Waals surface area (Å²) in [4.78, 5) is 12.6. The second kappa shape index (κ2) is 8.00. The van der Waals surface area contributed by atoms with E-state index in [9.17, 15) is 26.4 Å². The number of aryl methyl sites for hydroxylation is 1. The van der Waals surface area contributed by atoms with Gasteiger partial charge in [-0.3, -0.25) is 9.10 Å². The Labute approximate surface area is 166 Å². The van der Waals surface area contributed by atoms with Crippen molar-refractivity contribution in [3.63, 3.8) is 0 Å². The highest BCUT2D eigenvalue weighted by Gasteiger charge is 2.34. The molecule has 0 fully saturated rings. The number of carbonyl (C=O) groups is 1. The van der Waals surface area contributed by atoms with Gasteiger partial charge in [0.15, 0.2) is 0 Å². The standard InChI is InChI=1S/C18H18ClF3N2O3S/c1-11-5-4-6-14(9-11)24(28(3,26)27)12(2)17(25)23-13-7-8-16(19)15(10-13)18(20,21)22/h4-10,12H,1-3H3,(H,23,25)/t12-/m0/s1. The zero-order valence-corrected chi connectivity index (χ0v) is 16.8. The Hall–Kier alpha value is -2.26. The van der Waals surface area contributed by atoms with Crippen LogP contribution in [-0.4, -0.2) is 26.6 Å². The topological polar surface area (TPSA) is 66.5 Å². The van der Waals surface area contributed by atoms with Gasteiger partial charge in [-0.05, 0) is 49.7 Å². The third kappa shape index (κ3) is 5.17. The molecule has 2 aromatic carbocycles. The average molecular weight is 435 g/mol. The number of halogens is 4. The fourth-order valence-corrected chi connectivity index (χ4v) is 4.03. The Bertz CT molecular complexity index is 994. The number of sulfonamides is 1. The van der Waals surface area contributed by atoms with Gasteiger partial charge in [-0.2, -0.15) is 13.2 Å². The Morgan fingerprint density at radius 2 is 1.82 bits per heavy atom. The molecule has 0 aliphatic rings. The minimum Gasteiger partial charge on any atom is -0.324 e. The lowest BCUT2D eigenvalue weighted by Crippen LogP contribution is -2.45. The third-order valence-corrected chi connectivity index (χ3v) is 5.46. The van der Waals surface area contributed by atoms with Gasteiger partial charge in [-0.1, -0.05) is 23.7 Å². The molecule has 1 amide bonds. The molecule has 0 unspecified atom stereocenters. The maximum Gasteiger partial charge on any atom is 0.417 e. The number of carbonyl (C=O) groups excluding carboxylic acids is 1. The van der Waals surface area contributed by atoms with Gasteiger partial charge in [0.1, 0.15) is 6.04 Å². The van der Waals surface area contributed by atoms with E-state index in [1.54, 1.807) is 25.1 Å². The molecule has 28 heavy (non-hydrogen) atoms. The molecule has 10 heteroatoms. The molecule has 1 N–H and O–H groups in total. The number of rotatable bonds is 5. The van der Waals surface area contributed by atoms with Crippen molar-refractivity contribution in [1.29, 1.82) is 0 Å². The van der Waals surface area contributed by atoms with Crippen molar-refractivity contribution < 1.29 is 26.4 Å². The molecule has 152 valence electrons. The zero-order valence-electron chi connectivity index (χ0n) is 15.2. The number of amides is 1. The SMILES string of the molecule is Cc1cccc(N([C@@H](C)C(=O)Nc2ccc(Cl)c(C(F)(F)F)c2)S(C)(=O)=O)c1. The first kappa shape index (κ1) is 22.0. The first-order chi connectivity index (χ1) is 12.8. The van der Waals surface area contributed by atoms with Crippen LogP contribution in [0.3, 0.4) is 0 Å². The lowest BCUT2D eigenvalue weighted by Gasteiger charge is -2.28. The van der Waals surface area contributed by atoms with E-state index in [0.717, 1.165) is 22.2 Å². The number of benzene rings is 2. The molecule has 5 nitrogen and oxygen atoms in total. The summed E-state index contributed by atoms with van der Waals surface area (Å²) in [7, 11) is -3.84. The number of nitrogens with one attached hydrogen (secondary N) is 1. The number of hydrogen-bond donors (Lipinski definition) is 1. The molecule has 0 spiro atoms. The third-order valence-electron chi connectivity index (χ3n) is 3.88. The van der Waals surface area contributed by atoms with Gasteiger partial charge < -0.3 is 5.32 Å². The van der Waals surface area contributed by atoms with Crippen LogP contribution in [0.4, 0.5) is 24.5 Å². The molecule has 1 atom stereocenters. The molecule has 2 rings (SSSR count). The first-order valence-corrected chi connectivity index (χ1v) is 10.3. The van der Waals surface area contributed by atoms with E-state index in [-0.39, 0.29) is 11.4 Å². The van der Waals surface area contributed by atoms with Gasteiger partial charge in [-0.15, -0.1) is 0 Å². The number of nitrogens with zero attached hydrogens (tertiary/aromatic N) is 1. The maximum absolute atomic E-state index is 13.0. The van der Waals surface area contributed by atoms with Crippen LogP contribution in [-0.2, 0) is 21.0 Å². The summed E-state index contributed by atoms with van der Waals surface area (Å²) >= 11 is 5.56. The van der Waals surface area contributed by atoms with Crippen LogP contribution >= 0.6 is 11.6 Å². The zero-order chi connectivity index (χ0) is 21.3. The normalized spacial score (nSPS) is 13.1. The van der Waals surface area contributed by atoms with Crippen LogP contribution in [0.15, 0.2) is 42.5 Å². The highest BCUT2D eigenvalue weighted by Crippen LogP contribution is 2.36. The summed E-state index contributed by atoms with van der Waals surface area (Å²) in [5.74, 6) is -0.789. The molecular formula is C18H18ClF3N2O3S. The van der Waals surface area contributed by atoms with Crippen LogP contribution in [0.2, 0.25) is 5.02 Å². The van der Waals surface area contributed by atoms with Crippen molar-refractivity contribution in [2.24, 2.45) is 0 Å². The van der Waals surface area contributed by atoms with E-state index in [4.69, 9.17) is 11.6 Å². The van der Waals surface area contributed by atoms with Crippen LogP contribution < -0.4 is 9.62 Å². The minimum absolute atomic E-state index is 0.147. The van der Waals surface area contributed by atoms with Crippen molar-refractivity contribution in [3.05, 3.63) is 58.6 Å². The minimum atomic E-state index is -4.69. The monoisotopic (exact) mass is 434 g/mol. The summed E-state index contributed by atoms with van der Waals surface area (Å²) in [6.07, 6.45) is -3.74. The fourth-order valence-electron chi connectivity index (χ4n) is 2.64. The summed E-state index contributed by atoms with van der Waals surface area (Å²) in [6.45, 7) is 3.11. The lowest BCUT2D eigenvalue weighted by atomic mass is 10.1. The Morgan fingerprint density at radius 1 is 1.18 bits per heavy atom. The van der Waals surface area contributed by atoms with Crippen molar-refractivity contribution in [3.8, 4) is 0 Å². The smallest absolute Gasteiger partial charge is 0.324 e. The van der Waals surface area contributed by atoms with Gasteiger partial charge >= 0.3 is 6.18 Å². The number of hydrogen-bond acceptors (Lipinski definition) is 3. The molecule has 0 saturated heterocycles. The molecule has 0 aromatic heterocycles. The van der Waals surface area contributed by atoms with Gasteiger partial charge in [0.05, 0.1) is 22.5 Å². The highest BCUT2D eigenvalue weighted by molar-refractivity contribution is 7.92.